The number of nitrogens with zero attached hydrogens (tertiary/aromatic N) is 1. The number of para-hydroxylation sites is 1. The topological polar surface area (TPSA) is 66.5 Å². The molecule has 0 aromatic heterocycles. The van der Waals surface area contributed by atoms with Crippen molar-refractivity contribution >= 4 is 33.4 Å². The molecule has 5 nitrogen and oxygen atoms in total. The Morgan fingerprint density at radius 3 is 2.32 bits per heavy atom. The third-order valence-corrected chi connectivity index (χ3v) is 7.75. The highest BCUT2D eigenvalue weighted by atomic mass is 32.2. The highest BCUT2D eigenvalue weighted by molar-refractivity contribution is 8.00. The normalized spacial score (nSPS) is 15.2. The van der Waals surface area contributed by atoms with Crippen LogP contribution in [0.2, 0.25) is 0 Å². The Labute approximate surface area is 171 Å². The van der Waals surface area contributed by atoms with Crippen LogP contribution in [0, 0.1) is 0 Å². The molecule has 7 heteroatoms. The van der Waals surface area contributed by atoms with Gasteiger partial charge in [-0.25, -0.2) is 8.42 Å². The number of sulfonamides is 1. The van der Waals surface area contributed by atoms with Crippen LogP contribution in [0.5, 0.6) is 0 Å². The van der Waals surface area contributed by atoms with Crippen molar-refractivity contribution in [2.75, 3.05) is 17.1 Å². The predicted molar refractivity (Wildman–Crippen MR) is 114 cm³/mol. The zero-order valence-corrected chi connectivity index (χ0v) is 17.6. The highest BCUT2D eigenvalue weighted by Gasteiger charge is 2.21. The van der Waals surface area contributed by atoms with Gasteiger partial charge in [0.25, 0.3) is 10.0 Å². The molecule has 2 aromatic carbocycles. The van der Waals surface area contributed by atoms with Gasteiger partial charge >= 0.3 is 0 Å². The summed E-state index contributed by atoms with van der Waals surface area (Å²) in [4.78, 5) is 13.2. The van der Waals surface area contributed by atoms with Crippen molar-refractivity contribution < 1.29 is 13.2 Å². The Bertz CT molecular complexity index is 878. The number of amides is 1. The van der Waals surface area contributed by atoms with Gasteiger partial charge in [-0.15, -0.1) is 11.8 Å². The molecule has 0 heterocycles. The second-order valence-corrected chi connectivity index (χ2v) is 9.99. The summed E-state index contributed by atoms with van der Waals surface area (Å²) in [6.45, 7) is 0. The Kier molecular flexibility index (Phi) is 7.02. The standard InChI is InChI=1S/C21H26N2O3S2/c1-23(18-10-6-3-7-11-18)28(25,26)20-14-12-19(13-15-20)27-16-21(24)22-17-8-4-2-5-9-17/h3,6-7,10-15,17H,2,4-5,8-9,16H2,1H3,(H,22,24). The van der Waals surface area contributed by atoms with Gasteiger partial charge in [-0.3, -0.25) is 9.10 Å². The molecule has 1 amide bonds. The van der Waals surface area contributed by atoms with E-state index >= 15 is 0 Å². The highest BCUT2D eigenvalue weighted by Crippen LogP contribution is 2.25. The van der Waals surface area contributed by atoms with Gasteiger partial charge in [0.1, 0.15) is 0 Å². The minimum absolute atomic E-state index is 0.0393. The third kappa shape index (κ3) is 5.29. The Morgan fingerprint density at radius 2 is 1.68 bits per heavy atom. The first-order valence-electron chi connectivity index (χ1n) is 9.53. The molecule has 1 aliphatic rings. The van der Waals surface area contributed by atoms with Crippen LogP contribution in [0.3, 0.4) is 0 Å². The quantitative estimate of drug-likeness (QED) is 0.689. The predicted octanol–water partition coefficient (Wildman–Crippen LogP) is 4.05. The van der Waals surface area contributed by atoms with Crippen molar-refractivity contribution in [3.63, 3.8) is 0 Å². The minimum atomic E-state index is -3.61. The van der Waals surface area contributed by atoms with Crippen LogP contribution in [-0.2, 0) is 14.8 Å². The summed E-state index contributed by atoms with van der Waals surface area (Å²) in [6, 6.07) is 16.0. The maximum atomic E-state index is 12.8. The maximum absolute atomic E-state index is 12.8. The SMILES string of the molecule is CN(c1ccccc1)S(=O)(=O)c1ccc(SCC(=O)NC2CCCCC2)cc1. The van der Waals surface area contributed by atoms with Crippen molar-refractivity contribution in [2.45, 2.75) is 47.9 Å². The average molecular weight is 419 g/mol. The molecule has 1 aliphatic carbocycles. The Balaban J connectivity index is 1.57. The molecule has 1 saturated carbocycles. The summed E-state index contributed by atoms with van der Waals surface area (Å²) in [7, 11) is -2.07. The zero-order valence-electron chi connectivity index (χ0n) is 16.0. The van der Waals surface area contributed by atoms with E-state index in [9.17, 15) is 13.2 Å². The molecule has 0 atom stereocenters. The van der Waals surface area contributed by atoms with Gasteiger partial charge in [0.05, 0.1) is 16.3 Å². The molecule has 28 heavy (non-hydrogen) atoms. The molecule has 3 rings (SSSR count). The van der Waals surface area contributed by atoms with Gasteiger partial charge in [0.15, 0.2) is 0 Å². The first kappa shape index (κ1) is 20.7. The van der Waals surface area contributed by atoms with Crippen LogP contribution in [0.25, 0.3) is 0 Å². The monoisotopic (exact) mass is 418 g/mol. The van der Waals surface area contributed by atoms with Crippen LogP contribution in [0.4, 0.5) is 5.69 Å². The van der Waals surface area contributed by atoms with E-state index in [4.69, 9.17) is 0 Å². The van der Waals surface area contributed by atoms with E-state index in [0.717, 1.165) is 17.7 Å². The smallest absolute Gasteiger partial charge is 0.264 e. The summed E-state index contributed by atoms with van der Waals surface area (Å²) in [5, 5.41) is 3.10. The van der Waals surface area contributed by atoms with Crippen LogP contribution >= 0.6 is 11.8 Å². The second kappa shape index (κ2) is 9.47. The lowest BCUT2D eigenvalue weighted by Gasteiger charge is -2.22. The largest absolute Gasteiger partial charge is 0.353 e. The van der Waals surface area contributed by atoms with Crippen molar-refractivity contribution in [2.24, 2.45) is 0 Å². The van der Waals surface area contributed by atoms with Crippen molar-refractivity contribution in [3.05, 3.63) is 54.6 Å². The number of thioether (sulfide) groups is 1. The fourth-order valence-electron chi connectivity index (χ4n) is 3.31. The number of hydrogen-bond donors (Lipinski definition) is 1. The lowest BCUT2D eigenvalue weighted by atomic mass is 9.95. The minimum Gasteiger partial charge on any atom is -0.353 e. The summed E-state index contributed by atoms with van der Waals surface area (Å²) in [5.74, 6) is 0.379. The van der Waals surface area contributed by atoms with Gasteiger partial charge in [-0.1, -0.05) is 37.5 Å². The number of nitrogens with one attached hydrogen (secondary N) is 1. The second-order valence-electron chi connectivity index (χ2n) is 6.97. The van der Waals surface area contributed by atoms with Gasteiger partial charge in [0.2, 0.25) is 5.91 Å². The number of carbonyl (C=O) groups is 1. The Hall–Kier alpha value is -1.99. The van der Waals surface area contributed by atoms with Crippen LogP contribution in [-0.4, -0.2) is 33.2 Å². The molecular formula is C21H26N2O3S2. The lowest BCUT2D eigenvalue weighted by molar-refractivity contribution is -0.119. The fraction of sp³-hybridized carbons (Fsp3) is 0.381. The molecule has 1 fully saturated rings. The number of hydrogen-bond acceptors (Lipinski definition) is 4. The van der Waals surface area contributed by atoms with Crippen molar-refractivity contribution in [3.8, 4) is 0 Å². The van der Waals surface area contributed by atoms with Gasteiger partial charge in [-0.05, 0) is 49.2 Å². The van der Waals surface area contributed by atoms with Gasteiger partial charge in [0, 0.05) is 18.0 Å². The molecular weight excluding hydrogens is 392 g/mol. The average Bonchev–Trinajstić information content (AvgIpc) is 2.73. The van der Waals surface area contributed by atoms with Crippen LogP contribution in [0.15, 0.2) is 64.4 Å². The maximum Gasteiger partial charge on any atom is 0.264 e. The van der Waals surface area contributed by atoms with E-state index in [-0.39, 0.29) is 10.8 Å². The summed E-state index contributed by atoms with van der Waals surface area (Å²) < 4.78 is 26.8. The van der Waals surface area contributed by atoms with E-state index < -0.39 is 10.0 Å². The number of benzene rings is 2. The molecule has 0 bridgehead atoms. The van der Waals surface area contributed by atoms with Gasteiger partial charge in [-0.2, -0.15) is 0 Å². The van der Waals surface area contributed by atoms with E-state index in [1.807, 2.05) is 6.07 Å². The number of rotatable bonds is 7. The van der Waals surface area contributed by atoms with E-state index in [2.05, 4.69) is 5.32 Å². The zero-order chi connectivity index (χ0) is 20.0. The third-order valence-electron chi connectivity index (χ3n) is 4.94. The van der Waals surface area contributed by atoms with E-state index in [1.54, 1.807) is 55.6 Å². The van der Waals surface area contributed by atoms with Crippen LogP contribution < -0.4 is 9.62 Å². The molecule has 0 saturated heterocycles. The first-order valence-corrected chi connectivity index (χ1v) is 12.0. The summed E-state index contributed by atoms with van der Waals surface area (Å²) in [6.07, 6.45) is 5.77. The molecule has 0 spiro atoms. The molecule has 1 N–H and O–H groups in total. The lowest BCUT2D eigenvalue weighted by Crippen LogP contribution is -2.37. The van der Waals surface area contributed by atoms with Crippen molar-refractivity contribution in [1.82, 2.24) is 5.32 Å². The summed E-state index contributed by atoms with van der Waals surface area (Å²) >= 11 is 1.42. The number of carbonyl (C=O) groups excluding carboxylic acids is 1. The fourth-order valence-corrected chi connectivity index (χ4v) is 5.21. The molecule has 0 aliphatic heterocycles. The number of anilines is 1. The molecule has 0 radical (unpaired) electrons. The Morgan fingerprint density at radius 1 is 1.04 bits per heavy atom. The summed E-state index contributed by atoms with van der Waals surface area (Å²) in [5.41, 5.74) is 0.611. The first-order chi connectivity index (χ1) is 13.5. The van der Waals surface area contributed by atoms with Gasteiger partial charge < -0.3 is 5.32 Å². The molecule has 0 unspecified atom stereocenters. The van der Waals surface area contributed by atoms with E-state index in [1.165, 1.54) is 35.3 Å². The van der Waals surface area contributed by atoms with Crippen LogP contribution in [0.1, 0.15) is 32.1 Å². The van der Waals surface area contributed by atoms with Crippen molar-refractivity contribution in [1.29, 1.82) is 0 Å². The van der Waals surface area contributed by atoms with E-state index in [0.29, 0.717) is 17.5 Å². The molecule has 150 valence electrons. The molecule has 2 aromatic rings.